The molecule has 0 bridgehead atoms. The van der Waals surface area contributed by atoms with Crippen molar-refractivity contribution in [1.29, 1.82) is 0 Å². The van der Waals surface area contributed by atoms with Crippen LogP contribution in [-0.4, -0.2) is 54.4 Å². The van der Waals surface area contributed by atoms with E-state index in [1.807, 2.05) is 54.3 Å². The first-order chi connectivity index (χ1) is 14.4. The van der Waals surface area contributed by atoms with Crippen LogP contribution in [0.4, 0.5) is 0 Å². The fourth-order valence-electron chi connectivity index (χ4n) is 4.62. The number of hydrogen-bond acceptors (Lipinski definition) is 3. The van der Waals surface area contributed by atoms with E-state index in [1.54, 1.807) is 19.0 Å². The maximum absolute atomic E-state index is 12.9. The minimum Gasteiger partial charge on any atom is -0.487 e. The van der Waals surface area contributed by atoms with Crippen molar-refractivity contribution in [3.8, 4) is 5.75 Å². The maximum atomic E-state index is 12.9. The Hall–Kier alpha value is -2.82. The summed E-state index contributed by atoms with van der Waals surface area (Å²) in [5.74, 6) is 1.25. The number of rotatable bonds is 3. The Morgan fingerprint density at radius 1 is 1.07 bits per heavy atom. The third-order valence-electron chi connectivity index (χ3n) is 6.48. The van der Waals surface area contributed by atoms with E-state index in [4.69, 9.17) is 4.74 Å². The fraction of sp³-hybridized carbons (Fsp3) is 0.440. The average Bonchev–Trinajstić information content (AvgIpc) is 2.74. The van der Waals surface area contributed by atoms with E-state index in [0.29, 0.717) is 19.5 Å². The molecule has 1 saturated heterocycles. The third-order valence-corrected chi connectivity index (χ3v) is 6.48. The van der Waals surface area contributed by atoms with Crippen LogP contribution in [0.3, 0.4) is 0 Å². The van der Waals surface area contributed by atoms with E-state index in [2.05, 4.69) is 6.07 Å². The van der Waals surface area contributed by atoms with Crippen molar-refractivity contribution in [1.82, 2.24) is 9.80 Å². The predicted molar refractivity (Wildman–Crippen MR) is 117 cm³/mol. The summed E-state index contributed by atoms with van der Waals surface area (Å²) in [6.45, 7) is 3.36. The summed E-state index contributed by atoms with van der Waals surface area (Å²) in [4.78, 5) is 28.9. The number of ether oxygens (including phenoxy) is 1. The van der Waals surface area contributed by atoms with Crippen molar-refractivity contribution in [3.05, 3.63) is 65.2 Å². The maximum Gasteiger partial charge on any atom is 0.253 e. The molecule has 0 radical (unpaired) electrons. The van der Waals surface area contributed by atoms with Crippen molar-refractivity contribution in [2.24, 2.45) is 0 Å². The van der Waals surface area contributed by atoms with Crippen LogP contribution in [0.2, 0.25) is 0 Å². The van der Waals surface area contributed by atoms with Gasteiger partial charge in [-0.1, -0.05) is 35.9 Å². The number of carbonyl (C=O) groups is 2. The first-order valence-electron chi connectivity index (χ1n) is 10.7. The molecule has 1 spiro atoms. The summed E-state index contributed by atoms with van der Waals surface area (Å²) in [6, 6.07) is 15.8. The van der Waals surface area contributed by atoms with Gasteiger partial charge in [-0.25, -0.2) is 0 Å². The highest BCUT2D eigenvalue weighted by atomic mass is 16.5. The quantitative estimate of drug-likeness (QED) is 0.774. The molecule has 2 amide bonds. The molecule has 0 aliphatic carbocycles. The monoisotopic (exact) mass is 406 g/mol. The van der Waals surface area contributed by atoms with Crippen LogP contribution in [0, 0.1) is 6.92 Å². The number of benzene rings is 2. The molecule has 5 heteroatoms. The van der Waals surface area contributed by atoms with Crippen LogP contribution in [0.1, 0.15) is 53.1 Å². The Bertz CT molecular complexity index is 928. The van der Waals surface area contributed by atoms with Crippen LogP contribution >= 0.6 is 0 Å². The smallest absolute Gasteiger partial charge is 0.253 e. The van der Waals surface area contributed by atoms with Gasteiger partial charge in [0.15, 0.2) is 0 Å². The average molecular weight is 407 g/mol. The second-order valence-electron chi connectivity index (χ2n) is 8.87. The van der Waals surface area contributed by atoms with Crippen LogP contribution in [-0.2, 0) is 4.79 Å². The van der Waals surface area contributed by atoms with Gasteiger partial charge in [0.2, 0.25) is 5.91 Å². The minimum atomic E-state index is -0.310. The SMILES string of the molecule is Cc1ccc(C(=O)N2CCC3(CC2)C[C@@H](CC(=O)N(C)C)c2ccccc2O3)cc1. The Morgan fingerprint density at radius 3 is 2.40 bits per heavy atom. The van der Waals surface area contributed by atoms with Gasteiger partial charge >= 0.3 is 0 Å². The molecule has 4 rings (SSSR count). The molecule has 0 N–H and O–H groups in total. The molecule has 0 unspecified atom stereocenters. The van der Waals surface area contributed by atoms with Gasteiger partial charge in [0.25, 0.3) is 5.91 Å². The van der Waals surface area contributed by atoms with Gasteiger partial charge < -0.3 is 14.5 Å². The van der Waals surface area contributed by atoms with Gasteiger partial charge in [0, 0.05) is 57.9 Å². The number of fused-ring (bicyclic) bond motifs is 1. The molecule has 158 valence electrons. The van der Waals surface area contributed by atoms with Crippen molar-refractivity contribution in [2.75, 3.05) is 27.2 Å². The first-order valence-corrected chi connectivity index (χ1v) is 10.7. The summed E-state index contributed by atoms with van der Waals surface area (Å²) >= 11 is 0. The second-order valence-corrected chi connectivity index (χ2v) is 8.87. The van der Waals surface area contributed by atoms with Gasteiger partial charge in [0.05, 0.1) is 0 Å². The Labute approximate surface area is 178 Å². The number of piperidine rings is 1. The standard InChI is InChI=1S/C25H30N2O3/c1-18-8-10-19(11-9-18)24(29)27-14-12-25(13-15-27)17-20(16-23(28)26(2)3)21-6-4-5-7-22(21)30-25/h4-11,20H,12-17H2,1-3H3/t20-/m1/s1. The molecule has 5 nitrogen and oxygen atoms in total. The van der Waals surface area contributed by atoms with E-state index in [9.17, 15) is 9.59 Å². The molecule has 1 atom stereocenters. The van der Waals surface area contributed by atoms with Crippen molar-refractivity contribution < 1.29 is 14.3 Å². The van der Waals surface area contributed by atoms with Gasteiger partial charge in [0.1, 0.15) is 11.4 Å². The lowest BCUT2D eigenvalue weighted by Crippen LogP contribution is -2.52. The van der Waals surface area contributed by atoms with Gasteiger partial charge in [-0.2, -0.15) is 0 Å². The molecule has 2 aromatic carbocycles. The molecular formula is C25H30N2O3. The van der Waals surface area contributed by atoms with Gasteiger partial charge in [-0.3, -0.25) is 9.59 Å². The summed E-state index contributed by atoms with van der Waals surface area (Å²) in [7, 11) is 3.61. The number of likely N-dealkylation sites (tertiary alicyclic amines) is 1. The van der Waals surface area contributed by atoms with E-state index in [0.717, 1.165) is 41.7 Å². The Morgan fingerprint density at radius 2 is 1.73 bits per heavy atom. The van der Waals surface area contributed by atoms with E-state index >= 15 is 0 Å². The fourth-order valence-corrected chi connectivity index (χ4v) is 4.62. The number of carbonyl (C=O) groups excluding carboxylic acids is 2. The van der Waals surface area contributed by atoms with Crippen molar-refractivity contribution in [2.45, 2.75) is 44.1 Å². The van der Waals surface area contributed by atoms with Crippen LogP contribution in [0.25, 0.3) is 0 Å². The van der Waals surface area contributed by atoms with E-state index in [-0.39, 0.29) is 23.3 Å². The highest BCUT2D eigenvalue weighted by Gasteiger charge is 2.44. The topological polar surface area (TPSA) is 49.9 Å². The highest BCUT2D eigenvalue weighted by molar-refractivity contribution is 5.94. The zero-order valence-corrected chi connectivity index (χ0v) is 18.1. The summed E-state index contributed by atoms with van der Waals surface area (Å²) in [5, 5.41) is 0. The normalized spacial score (nSPS) is 19.7. The first kappa shape index (κ1) is 20.5. The molecule has 0 aromatic heterocycles. The molecule has 0 saturated carbocycles. The van der Waals surface area contributed by atoms with E-state index < -0.39 is 0 Å². The molecule has 2 heterocycles. The zero-order chi connectivity index (χ0) is 21.3. The minimum absolute atomic E-state index is 0.0837. The third kappa shape index (κ3) is 4.07. The molecular weight excluding hydrogens is 376 g/mol. The number of para-hydroxylation sites is 1. The summed E-state index contributed by atoms with van der Waals surface area (Å²) in [5.41, 5.74) is 2.70. The lowest BCUT2D eigenvalue weighted by atomic mass is 9.76. The largest absolute Gasteiger partial charge is 0.487 e. The van der Waals surface area contributed by atoms with Crippen LogP contribution < -0.4 is 4.74 Å². The second kappa shape index (κ2) is 8.13. The van der Waals surface area contributed by atoms with Crippen LogP contribution in [0.15, 0.2) is 48.5 Å². The highest BCUT2D eigenvalue weighted by Crippen LogP contribution is 2.46. The lowest BCUT2D eigenvalue weighted by Gasteiger charge is -2.47. The molecule has 30 heavy (non-hydrogen) atoms. The number of aryl methyl sites for hydroxylation is 1. The molecule has 2 aliphatic rings. The van der Waals surface area contributed by atoms with Crippen molar-refractivity contribution in [3.63, 3.8) is 0 Å². The molecule has 2 aliphatic heterocycles. The lowest BCUT2D eigenvalue weighted by molar-refractivity contribution is -0.129. The number of hydrogen-bond donors (Lipinski definition) is 0. The Kier molecular flexibility index (Phi) is 5.54. The summed E-state index contributed by atoms with van der Waals surface area (Å²) in [6.07, 6.45) is 2.87. The number of amides is 2. The Balaban J connectivity index is 1.49. The molecule has 2 aromatic rings. The predicted octanol–water partition coefficient (Wildman–Crippen LogP) is 4.01. The van der Waals surface area contributed by atoms with E-state index in [1.165, 1.54) is 0 Å². The van der Waals surface area contributed by atoms with Gasteiger partial charge in [-0.15, -0.1) is 0 Å². The number of nitrogens with zero attached hydrogens (tertiary/aromatic N) is 2. The zero-order valence-electron chi connectivity index (χ0n) is 18.1. The van der Waals surface area contributed by atoms with Crippen LogP contribution in [0.5, 0.6) is 5.75 Å². The summed E-state index contributed by atoms with van der Waals surface area (Å²) < 4.78 is 6.52. The molecule has 1 fully saturated rings. The van der Waals surface area contributed by atoms with Gasteiger partial charge in [-0.05, 0) is 37.1 Å². The van der Waals surface area contributed by atoms with Crippen molar-refractivity contribution >= 4 is 11.8 Å².